The number of imide groups is 1. The standard InChI is InChI=1S/C31H29NO4/c1-31(2,3)18-12-14-19(15-13-18)36-24(33)16-17-32-29(34)27-25-20-8-4-5-9-21(20)26(28(27)30(32)35)23-11-7-6-10-22(23)25/h4-15,25-28H,16-17H2,1-3H3/t25?,26?,27-,28-/m1/s1. The van der Waals surface area contributed by atoms with Crippen molar-refractivity contribution in [3.05, 3.63) is 101 Å². The van der Waals surface area contributed by atoms with Crippen LogP contribution in [0.1, 0.15) is 66.8 Å². The number of nitrogens with zero attached hydrogens (tertiary/aromatic N) is 1. The molecule has 36 heavy (non-hydrogen) atoms. The van der Waals surface area contributed by atoms with Gasteiger partial charge in [0.25, 0.3) is 0 Å². The molecule has 0 radical (unpaired) electrons. The maximum Gasteiger partial charge on any atom is 0.312 e. The molecular weight excluding hydrogens is 450 g/mol. The van der Waals surface area contributed by atoms with E-state index in [1.165, 1.54) is 4.90 Å². The molecule has 1 heterocycles. The van der Waals surface area contributed by atoms with E-state index in [-0.39, 0.29) is 42.0 Å². The van der Waals surface area contributed by atoms with Crippen molar-refractivity contribution in [2.45, 2.75) is 44.4 Å². The summed E-state index contributed by atoms with van der Waals surface area (Å²) < 4.78 is 5.50. The van der Waals surface area contributed by atoms with Crippen molar-refractivity contribution >= 4 is 17.8 Å². The summed E-state index contributed by atoms with van der Waals surface area (Å²) in [5.41, 5.74) is 5.73. The van der Waals surface area contributed by atoms with Gasteiger partial charge >= 0.3 is 5.97 Å². The zero-order chi connectivity index (χ0) is 25.2. The van der Waals surface area contributed by atoms with Gasteiger partial charge in [-0.05, 0) is 45.4 Å². The van der Waals surface area contributed by atoms with Crippen LogP contribution < -0.4 is 4.74 Å². The normalized spacial score (nSPS) is 23.8. The molecule has 0 spiro atoms. The number of hydrogen-bond donors (Lipinski definition) is 0. The number of carbonyl (C=O) groups excluding carboxylic acids is 3. The highest BCUT2D eigenvalue weighted by Crippen LogP contribution is 2.60. The molecule has 5 nitrogen and oxygen atoms in total. The molecule has 3 aliphatic carbocycles. The van der Waals surface area contributed by atoms with Crippen LogP contribution in [0.5, 0.6) is 5.75 Å². The van der Waals surface area contributed by atoms with E-state index in [1.807, 2.05) is 36.4 Å². The van der Waals surface area contributed by atoms with Gasteiger partial charge in [-0.15, -0.1) is 0 Å². The lowest BCUT2D eigenvalue weighted by Gasteiger charge is -2.45. The molecule has 2 atom stereocenters. The molecule has 4 aliphatic rings. The van der Waals surface area contributed by atoms with Gasteiger partial charge in [0.15, 0.2) is 0 Å². The van der Waals surface area contributed by atoms with Crippen LogP contribution in [-0.4, -0.2) is 29.2 Å². The van der Waals surface area contributed by atoms with Crippen LogP contribution in [0, 0.1) is 11.8 Å². The summed E-state index contributed by atoms with van der Waals surface area (Å²) in [6.07, 6.45) is -0.0346. The Morgan fingerprint density at radius 3 is 1.61 bits per heavy atom. The van der Waals surface area contributed by atoms with E-state index in [0.29, 0.717) is 5.75 Å². The second kappa shape index (κ2) is 8.16. The Morgan fingerprint density at radius 1 is 0.750 bits per heavy atom. The Bertz CT molecular complexity index is 1270. The van der Waals surface area contributed by atoms with Gasteiger partial charge in [0.2, 0.25) is 11.8 Å². The third-order valence-corrected chi connectivity index (χ3v) is 8.03. The van der Waals surface area contributed by atoms with Crippen molar-refractivity contribution in [1.29, 1.82) is 0 Å². The third-order valence-electron chi connectivity index (χ3n) is 8.03. The Balaban J connectivity index is 1.21. The first-order chi connectivity index (χ1) is 17.3. The van der Waals surface area contributed by atoms with E-state index < -0.39 is 17.8 Å². The van der Waals surface area contributed by atoms with E-state index in [4.69, 9.17) is 4.74 Å². The van der Waals surface area contributed by atoms with E-state index >= 15 is 0 Å². The summed E-state index contributed by atoms with van der Waals surface area (Å²) in [5, 5.41) is 0. The molecule has 1 saturated heterocycles. The van der Waals surface area contributed by atoms with Crippen molar-refractivity contribution in [3.63, 3.8) is 0 Å². The van der Waals surface area contributed by atoms with Crippen molar-refractivity contribution < 1.29 is 19.1 Å². The first-order valence-corrected chi connectivity index (χ1v) is 12.6. The molecular formula is C31H29NO4. The number of ether oxygens (including phenoxy) is 1. The zero-order valence-electron chi connectivity index (χ0n) is 20.7. The smallest absolute Gasteiger partial charge is 0.312 e. The largest absolute Gasteiger partial charge is 0.426 e. The van der Waals surface area contributed by atoms with Gasteiger partial charge < -0.3 is 4.74 Å². The summed E-state index contributed by atoms with van der Waals surface area (Å²) in [6, 6.07) is 23.8. The number of likely N-dealkylation sites (tertiary alicyclic amines) is 1. The second-order valence-corrected chi connectivity index (χ2v) is 11.1. The molecule has 0 aromatic heterocycles. The molecule has 2 amide bonds. The van der Waals surface area contributed by atoms with E-state index in [1.54, 1.807) is 12.1 Å². The Morgan fingerprint density at radius 2 is 1.19 bits per heavy atom. The average molecular weight is 480 g/mol. The third kappa shape index (κ3) is 3.41. The first-order valence-electron chi connectivity index (χ1n) is 12.6. The fourth-order valence-electron chi connectivity index (χ4n) is 6.37. The molecule has 1 fully saturated rings. The van der Waals surface area contributed by atoms with Crippen LogP contribution in [0.3, 0.4) is 0 Å². The molecule has 0 unspecified atom stereocenters. The van der Waals surface area contributed by atoms with Gasteiger partial charge in [-0.25, -0.2) is 0 Å². The van der Waals surface area contributed by atoms with E-state index in [2.05, 4.69) is 45.0 Å². The summed E-state index contributed by atoms with van der Waals surface area (Å²) in [7, 11) is 0. The van der Waals surface area contributed by atoms with Crippen LogP contribution in [0.25, 0.3) is 0 Å². The number of carbonyl (C=O) groups is 3. The van der Waals surface area contributed by atoms with Gasteiger partial charge in [-0.1, -0.05) is 81.4 Å². The lowest BCUT2D eigenvalue weighted by Crippen LogP contribution is -2.41. The summed E-state index contributed by atoms with van der Waals surface area (Å²) in [5.74, 6) is -1.46. The maximum atomic E-state index is 13.6. The fourth-order valence-corrected chi connectivity index (χ4v) is 6.37. The number of hydrogen-bond acceptors (Lipinski definition) is 4. The minimum atomic E-state index is -0.455. The van der Waals surface area contributed by atoms with Crippen LogP contribution in [-0.2, 0) is 19.8 Å². The predicted octanol–water partition coefficient (Wildman–Crippen LogP) is 5.17. The van der Waals surface area contributed by atoms with Gasteiger partial charge in [0.05, 0.1) is 18.3 Å². The number of amides is 2. The van der Waals surface area contributed by atoms with Crippen LogP contribution in [0.2, 0.25) is 0 Å². The van der Waals surface area contributed by atoms with Crippen LogP contribution >= 0.6 is 0 Å². The summed E-state index contributed by atoms with van der Waals surface area (Å²) >= 11 is 0. The minimum absolute atomic E-state index is 0.00846. The van der Waals surface area contributed by atoms with Gasteiger partial charge in [0.1, 0.15) is 5.75 Å². The molecule has 3 aromatic rings. The van der Waals surface area contributed by atoms with Crippen molar-refractivity contribution in [1.82, 2.24) is 4.90 Å². The minimum Gasteiger partial charge on any atom is -0.426 e. The maximum absolute atomic E-state index is 13.6. The topological polar surface area (TPSA) is 63.7 Å². The lowest BCUT2D eigenvalue weighted by molar-refractivity contribution is -0.141. The highest BCUT2D eigenvalue weighted by atomic mass is 16.5. The molecule has 3 aromatic carbocycles. The van der Waals surface area contributed by atoms with Crippen LogP contribution in [0.4, 0.5) is 0 Å². The molecule has 182 valence electrons. The number of rotatable bonds is 4. The monoisotopic (exact) mass is 479 g/mol. The van der Waals surface area contributed by atoms with Gasteiger partial charge in [-0.2, -0.15) is 0 Å². The molecule has 0 N–H and O–H groups in total. The predicted molar refractivity (Wildman–Crippen MR) is 136 cm³/mol. The van der Waals surface area contributed by atoms with Crippen molar-refractivity contribution in [2.24, 2.45) is 11.8 Å². The highest BCUT2D eigenvalue weighted by molar-refractivity contribution is 6.07. The number of benzene rings is 3. The SMILES string of the molecule is CC(C)(C)c1ccc(OC(=O)CCN2C(=O)[C@@H]3C4c5ccccc5C(c5ccccc54)[C@H]3C2=O)cc1. The van der Waals surface area contributed by atoms with Crippen molar-refractivity contribution in [2.75, 3.05) is 6.54 Å². The fraction of sp³-hybridized carbons (Fsp3) is 0.323. The average Bonchev–Trinajstić information content (AvgIpc) is 3.12. The Hall–Kier alpha value is -3.73. The lowest BCUT2D eigenvalue weighted by atomic mass is 9.55. The quantitative estimate of drug-likeness (QED) is 0.294. The first kappa shape index (κ1) is 22.7. The molecule has 0 saturated carbocycles. The highest BCUT2D eigenvalue weighted by Gasteiger charge is 2.61. The molecule has 7 rings (SSSR count). The van der Waals surface area contributed by atoms with Crippen molar-refractivity contribution in [3.8, 4) is 5.75 Å². The van der Waals surface area contributed by atoms with Gasteiger partial charge in [-0.3, -0.25) is 19.3 Å². The number of esters is 1. The molecule has 1 aliphatic heterocycles. The Kier molecular flexibility index (Phi) is 5.15. The molecule has 5 heteroatoms. The van der Waals surface area contributed by atoms with Crippen LogP contribution in [0.15, 0.2) is 72.8 Å². The summed E-state index contributed by atoms with van der Waals surface area (Å²) in [6.45, 7) is 6.41. The van der Waals surface area contributed by atoms with E-state index in [0.717, 1.165) is 27.8 Å². The summed E-state index contributed by atoms with van der Waals surface area (Å²) in [4.78, 5) is 41.1. The zero-order valence-corrected chi connectivity index (χ0v) is 20.7. The van der Waals surface area contributed by atoms with E-state index in [9.17, 15) is 14.4 Å². The van der Waals surface area contributed by atoms with Gasteiger partial charge in [0, 0.05) is 18.4 Å². The Labute approximate surface area is 211 Å². The second-order valence-electron chi connectivity index (χ2n) is 11.1. The molecule has 2 bridgehead atoms.